The van der Waals surface area contributed by atoms with E-state index in [0.717, 1.165) is 16.5 Å². The first-order valence-electron chi connectivity index (χ1n) is 7.81. The summed E-state index contributed by atoms with van der Waals surface area (Å²) in [6.45, 7) is 2.33. The number of aliphatic hydroxyl groups excluding tert-OH is 1. The van der Waals surface area contributed by atoms with Crippen LogP contribution in [0.2, 0.25) is 0 Å². The number of aryl methyl sites for hydroxylation is 1. The maximum Gasteiger partial charge on any atom is 0.270 e. The number of H-pyrrole nitrogens is 1. The molecule has 0 unspecified atom stereocenters. The molecule has 1 aromatic heterocycles. The molecule has 0 aliphatic rings. The third kappa shape index (κ3) is 3.31. The first-order valence-corrected chi connectivity index (χ1v) is 7.81. The molecule has 4 nitrogen and oxygen atoms in total. The molecule has 1 amide bonds. The Morgan fingerprint density at radius 2 is 1.96 bits per heavy atom. The Kier molecular flexibility index (Phi) is 4.62. The fourth-order valence-electron chi connectivity index (χ4n) is 2.84. The Hall–Kier alpha value is -2.66. The number of hydrogen-bond donors (Lipinski definition) is 2. The second-order valence-corrected chi connectivity index (χ2v) is 5.80. The van der Waals surface area contributed by atoms with Crippen LogP contribution in [0.4, 0.5) is 4.39 Å². The van der Waals surface area contributed by atoms with E-state index >= 15 is 0 Å². The van der Waals surface area contributed by atoms with Crippen LogP contribution in [0.1, 0.15) is 21.6 Å². The zero-order valence-electron chi connectivity index (χ0n) is 13.4. The second-order valence-electron chi connectivity index (χ2n) is 5.80. The van der Waals surface area contributed by atoms with E-state index in [1.807, 2.05) is 37.3 Å². The van der Waals surface area contributed by atoms with Gasteiger partial charge in [-0.3, -0.25) is 4.79 Å². The number of nitrogens with one attached hydrogen (secondary N) is 1. The lowest BCUT2D eigenvalue weighted by Crippen LogP contribution is -2.33. The zero-order valence-corrected chi connectivity index (χ0v) is 13.4. The molecule has 5 heteroatoms. The van der Waals surface area contributed by atoms with E-state index < -0.39 is 0 Å². The van der Waals surface area contributed by atoms with Gasteiger partial charge in [-0.05, 0) is 36.2 Å². The molecule has 0 fully saturated rings. The number of nitrogens with zero attached hydrogens (tertiary/aromatic N) is 1. The summed E-state index contributed by atoms with van der Waals surface area (Å²) in [7, 11) is 0. The first kappa shape index (κ1) is 16.2. The van der Waals surface area contributed by atoms with E-state index in [2.05, 4.69) is 4.98 Å². The number of aliphatic hydroxyl groups is 1. The standard InChI is InChI=1S/C19H19FN2O2/c1-13-9-15(20)10-17-16(13)11-18(21-17)19(24)22(7-8-23)12-14-5-3-2-4-6-14/h2-6,9-11,21,23H,7-8,12H2,1H3. The number of carbonyl (C=O) groups excluding carboxylic acids is 1. The van der Waals surface area contributed by atoms with Gasteiger partial charge in [0.25, 0.3) is 5.91 Å². The molecule has 0 spiro atoms. The Morgan fingerprint density at radius 1 is 1.21 bits per heavy atom. The molecule has 2 N–H and O–H groups in total. The molecule has 0 aliphatic heterocycles. The molecule has 2 aromatic carbocycles. The molecule has 0 radical (unpaired) electrons. The Balaban J connectivity index is 1.91. The number of aromatic amines is 1. The van der Waals surface area contributed by atoms with Crippen molar-refractivity contribution in [3.63, 3.8) is 0 Å². The van der Waals surface area contributed by atoms with Crippen molar-refractivity contribution in [1.82, 2.24) is 9.88 Å². The van der Waals surface area contributed by atoms with Gasteiger partial charge in [-0.2, -0.15) is 0 Å². The molecule has 0 saturated heterocycles. The second kappa shape index (κ2) is 6.84. The van der Waals surface area contributed by atoms with Crippen LogP contribution in [0.3, 0.4) is 0 Å². The van der Waals surface area contributed by atoms with Crippen molar-refractivity contribution in [2.45, 2.75) is 13.5 Å². The molecule has 0 atom stereocenters. The van der Waals surface area contributed by atoms with Crippen LogP contribution in [0.5, 0.6) is 0 Å². The molecular formula is C19H19FN2O2. The number of carbonyl (C=O) groups is 1. The lowest BCUT2D eigenvalue weighted by atomic mass is 10.1. The minimum Gasteiger partial charge on any atom is -0.395 e. The van der Waals surface area contributed by atoms with Gasteiger partial charge in [0.2, 0.25) is 0 Å². The lowest BCUT2D eigenvalue weighted by molar-refractivity contribution is 0.0703. The van der Waals surface area contributed by atoms with Gasteiger partial charge in [0.05, 0.1) is 6.61 Å². The predicted molar refractivity (Wildman–Crippen MR) is 91.3 cm³/mol. The SMILES string of the molecule is Cc1cc(F)cc2[nH]c(C(=O)N(CCO)Cc3ccccc3)cc12. The highest BCUT2D eigenvalue weighted by Crippen LogP contribution is 2.22. The summed E-state index contributed by atoms with van der Waals surface area (Å²) in [5, 5.41) is 10.1. The molecule has 3 aromatic rings. The summed E-state index contributed by atoms with van der Waals surface area (Å²) in [6, 6.07) is 14.2. The van der Waals surface area contributed by atoms with E-state index in [4.69, 9.17) is 0 Å². The van der Waals surface area contributed by atoms with E-state index in [0.29, 0.717) is 17.8 Å². The van der Waals surface area contributed by atoms with Crippen molar-refractivity contribution < 1.29 is 14.3 Å². The van der Waals surface area contributed by atoms with Gasteiger partial charge in [-0.15, -0.1) is 0 Å². The summed E-state index contributed by atoms with van der Waals surface area (Å²) < 4.78 is 13.5. The van der Waals surface area contributed by atoms with E-state index in [-0.39, 0.29) is 24.9 Å². The van der Waals surface area contributed by atoms with Crippen LogP contribution in [-0.4, -0.2) is 34.0 Å². The van der Waals surface area contributed by atoms with Gasteiger partial charge in [-0.25, -0.2) is 4.39 Å². The summed E-state index contributed by atoms with van der Waals surface area (Å²) in [5.74, 6) is -0.554. The number of benzene rings is 2. The molecule has 0 aliphatic carbocycles. The normalized spacial score (nSPS) is 11.0. The van der Waals surface area contributed by atoms with Crippen molar-refractivity contribution in [3.05, 3.63) is 71.2 Å². The average molecular weight is 326 g/mol. The Bertz CT molecular complexity index is 858. The maximum atomic E-state index is 13.5. The highest BCUT2D eigenvalue weighted by atomic mass is 19.1. The third-order valence-corrected chi connectivity index (χ3v) is 4.01. The number of fused-ring (bicyclic) bond motifs is 1. The zero-order chi connectivity index (χ0) is 17.1. The summed E-state index contributed by atoms with van der Waals surface area (Å²) in [5.41, 5.74) is 2.75. The molecule has 1 heterocycles. The Labute approximate surface area is 139 Å². The highest BCUT2D eigenvalue weighted by molar-refractivity contribution is 5.98. The van der Waals surface area contributed by atoms with Gasteiger partial charge in [0.15, 0.2) is 0 Å². The van der Waals surface area contributed by atoms with E-state index in [1.54, 1.807) is 11.0 Å². The summed E-state index contributed by atoms with van der Waals surface area (Å²) in [6.07, 6.45) is 0. The monoisotopic (exact) mass is 326 g/mol. The summed E-state index contributed by atoms with van der Waals surface area (Å²) in [4.78, 5) is 17.4. The van der Waals surface area contributed by atoms with Crippen LogP contribution in [0, 0.1) is 12.7 Å². The fraction of sp³-hybridized carbons (Fsp3) is 0.211. The molecule has 0 bridgehead atoms. The summed E-state index contributed by atoms with van der Waals surface area (Å²) >= 11 is 0. The topological polar surface area (TPSA) is 56.3 Å². The van der Waals surface area contributed by atoms with Crippen LogP contribution in [0.15, 0.2) is 48.5 Å². The highest BCUT2D eigenvalue weighted by Gasteiger charge is 2.18. The van der Waals surface area contributed by atoms with Crippen LogP contribution in [0.25, 0.3) is 10.9 Å². The van der Waals surface area contributed by atoms with Crippen LogP contribution in [-0.2, 0) is 6.54 Å². The molecular weight excluding hydrogens is 307 g/mol. The van der Waals surface area contributed by atoms with Crippen molar-refractivity contribution in [2.24, 2.45) is 0 Å². The smallest absolute Gasteiger partial charge is 0.270 e. The largest absolute Gasteiger partial charge is 0.395 e. The van der Waals surface area contributed by atoms with Crippen molar-refractivity contribution in [2.75, 3.05) is 13.2 Å². The maximum absolute atomic E-state index is 13.5. The molecule has 3 rings (SSSR count). The molecule has 124 valence electrons. The van der Waals surface area contributed by atoms with Gasteiger partial charge in [-0.1, -0.05) is 30.3 Å². The minimum atomic E-state index is -0.336. The quantitative estimate of drug-likeness (QED) is 0.756. The van der Waals surface area contributed by atoms with E-state index in [9.17, 15) is 14.3 Å². The fourth-order valence-corrected chi connectivity index (χ4v) is 2.84. The number of hydrogen-bond acceptors (Lipinski definition) is 2. The minimum absolute atomic E-state index is 0.119. The third-order valence-electron chi connectivity index (χ3n) is 4.01. The lowest BCUT2D eigenvalue weighted by Gasteiger charge is -2.21. The van der Waals surface area contributed by atoms with Gasteiger partial charge in [0.1, 0.15) is 11.5 Å². The molecule has 24 heavy (non-hydrogen) atoms. The average Bonchev–Trinajstić information content (AvgIpc) is 2.99. The van der Waals surface area contributed by atoms with E-state index in [1.165, 1.54) is 12.1 Å². The van der Waals surface area contributed by atoms with Gasteiger partial charge < -0.3 is 15.0 Å². The van der Waals surface area contributed by atoms with Gasteiger partial charge >= 0.3 is 0 Å². The van der Waals surface area contributed by atoms with Crippen LogP contribution >= 0.6 is 0 Å². The van der Waals surface area contributed by atoms with Crippen molar-refractivity contribution in [1.29, 1.82) is 0 Å². The number of amides is 1. The van der Waals surface area contributed by atoms with Crippen molar-refractivity contribution in [3.8, 4) is 0 Å². The van der Waals surface area contributed by atoms with Crippen LogP contribution < -0.4 is 0 Å². The number of aromatic nitrogens is 1. The van der Waals surface area contributed by atoms with Gasteiger partial charge in [0, 0.05) is 24.0 Å². The Morgan fingerprint density at radius 3 is 2.67 bits per heavy atom. The predicted octanol–water partition coefficient (Wildman–Crippen LogP) is 3.25. The molecule has 0 saturated carbocycles. The number of rotatable bonds is 5. The first-order chi connectivity index (χ1) is 11.6. The van der Waals surface area contributed by atoms with Crippen molar-refractivity contribution >= 4 is 16.8 Å². The number of halogens is 1.